The fourth-order valence-corrected chi connectivity index (χ4v) is 2.55. The first-order chi connectivity index (χ1) is 9.53. The molecule has 0 aliphatic carbocycles. The van der Waals surface area contributed by atoms with Crippen LogP contribution in [0.15, 0.2) is 48.2 Å². The van der Waals surface area contributed by atoms with Gasteiger partial charge in [0.15, 0.2) is 0 Å². The number of fused-ring (bicyclic) bond motifs is 1. The van der Waals surface area contributed by atoms with Crippen LogP contribution in [0.1, 0.15) is 12.5 Å². The first-order valence-corrected chi connectivity index (χ1v) is 6.28. The molecule has 0 radical (unpaired) electrons. The van der Waals surface area contributed by atoms with E-state index in [1.165, 1.54) is 12.1 Å². The zero-order valence-corrected chi connectivity index (χ0v) is 11.2. The minimum atomic E-state index is -0.641. The Kier molecular flexibility index (Phi) is 2.64. The molecule has 0 N–H and O–H groups in total. The third-order valence-corrected chi connectivity index (χ3v) is 3.67. The van der Waals surface area contributed by atoms with Crippen LogP contribution in [0.2, 0.25) is 0 Å². The molecule has 1 unspecified atom stereocenters. The molecule has 0 bridgehead atoms. The number of likely N-dealkylation sites (N-methyl/N-ethyl adjacent to an activating group) is 1. The summed E-state index contributed by atoms with van der Waals surface area (Å²) < 4.78 is 6.12. The Morgan fingerprint density at radius 2 is 2.15 bits per heavy atom. The first kappa shape index (κ1) is 12.5. The molecule has 5 nitrogen and oxygen atoms in total. The van der Waals surface area contributed by atoms with Crippen molar-refractivity contribution in [2.24, 2.45) is 0 Å². The van der Waals surface area contributed by atoms with Gasteiger partial charge in [-0.2, -0.15) is 0 Å². The summed E-state index contributed by atoms with van der Waals surface area (Å²) in [5.41, 5.74) is 1.14. The molecule has 2 heterocycles. The topological polar surface area (TPSA) is 55.6 Å². The highest BCUT2D eigenvalue weighted by Crippen LogP contribution is 2.40. The fraction of sp³-hybridized carbons (Fsp3) is 0.200. The molecule has 20 heavy (non-hydrogen) atoms. The lowest BCUT2D eigenvalue weighted by Crippen LogP contribution is -2.50. The number of hydrogen-bond donors (Lipinski definition) is 0. The van der Waals surface area contributed by atoms with Gasteiger partial charge in [-0.15, -0.1) is 0 Å². The van der Waals surface area contributed by atoms with E-state index in [0.29, 0.717) is 5.75 Å². The number of allylic oxidation sites excluding steroid dienone is 2. The van der Waals surface area contributed by atoms with Crippen molar-refractivity contribution in [3.05, 3.63) is 63.9 Å². The summed E-state index contributed by atoms with van der Waals surface area (Å²) >= 11 is 0. The molecular formula is C15H14N2O3. The van der Waals surface area contributed by atoms with Gasteiger partial charge in [-0.3, -0.25) is 10.1 Å². The summed E-state index contributed by atoms with van der Waals surface area (Å²) in [4.78, 5) is 12.4. The molecule has 1 aromatic rings. The van der Waals surface area contributed by atoms with Gasteiger partial charge in [0.2, 0.25) is 5.72 Å². The first-order valence-electron chi connectivity index (χ1n) is 6.28. The van der Waals surface area contributed by atoms with Crippen molar-refractivity contribution in [3.63, 3.8) is 0 Å². The van der Waals surface area contributed by atoms with Crippen LogP contribution in [0, 0.1) is 10.1 Å². The lowest BCUT2D eigenvalue weighted by Gasteiger charge is -2.43. The molecule has 0 fully saturated rings. The average molecular weight is 270 g/mol. The Morgan fingerprint density at radius 1 is 1.35 bits per heavy atom. The zero-order chi connectivity index (χ0) is 14.3. The Bertz CT molecular complexity index is 676. The number of hydrogen-bond acceptors (Lipinski definition) is 4. The second-order valence-corrected chi connectivity index (χ2v) is 4.92. The van der Waals surface area contributed by atoms with Crippen molar-refractivity contribution in [1.82, 2.24) is 4.90 Å². The Labute approximate surface area is 116 Å². The Hall–Kier alpha value is -2.56. The van der Waals surface area contributed by atoms with Crippen LogP contribution in [0.3, 0.4) is 0 Å². The van der Waals surface area contributed by atoms with Crippen molar-refractivity contribution >= 4 is 11.8 Å². The molecule has 0 amide bonds. The summed E-state index contributed by atoms with van der Waals surface area (Å²) in [5, 5.41) is 10.8. The van der Waals surface area contributed by atoms with Gasteiger partial charge in [-0.25, -0.2) is 0 Å². The number of benzene rings is 1. The minimum Gasteiger partial charge on any atom is -0.460 e. The van der Waals surface area contributed by atoms with Crippen LogP contribution in [-0.2, 0) is 0 Å². The van der Waals surface area contributed by atoms with E-state index in [4.69, 9.17) is 4.74 Å². The maximum absolute atomic E-state index is 10.8. The summed E-state index contributed by atoms with van der Waals surface area (Å²) in [6.45, 7) is 1.96. The third-order valence-electron chi connectivity index (χ3n) is 3.67. The van der Waals surface area contributed by atoms with Gasteiger partial charge in [-0.1, -0.05) is 6.08 Å². The van der Waals surface area contributed by atoms with E-state index in [0.717, 1.165) is 11.1 Å². The summed E-state index contributed by atoms with van der Waals surface area (Å²) in [7, 11) is 1.94. The van der Waals surface area contributed by atoms with Crippen LogP contribution in [0.5, 0.6) is 5.75 Å². The Balaban J connectivity index is 2.09. The summed E-state index contributed by atoms with van der Waals surface area (Å²) in [6.07, 6.45) is 9.73. The van der Waals surface area contributed by atoms with Crippen molar-refractivity contribution in [3.8, 4) is 5.75 Å². The van der Waals surface area contributed by atoms with Gasteiger partial charge in [-0.05, 0) is 36.8 Å². The van der Waals surface area contributed by atoms with Gasteiger partial charge in [0.1, 0.15) is 5.75 Å². The molecule has 5 heteroatoms. The van der Waals surface area contributed by atoms with E-state index >= 15 is 0 Å². The van der Waals surface area contributed by atoms with E-state index < -0.39 is 10.6 Å². The molecule has 1 spiro atoms. The van der Waals surface area contributed by atoms with Crippen LogP contribution in [0.25, 0.3) is 6.08 Å². The minimum absolute atomic E-state index is 0.0692. The number of non-ortho nitro benzene ring substituents is 1. The molecular weight excluding hydrogens is 256 g/mol. The maximum atomic E-state index is 10.8. The molecule has 0 saturated carbocycles. The molecule has 2 aliphatic rings. The van der Waals surface area contributed by atoms with Crippen molar-refractivity contribution < 1.29 is 9.66 Å². The molecule has 0 aromatic heterocycles. The molecule has 102 valence electrons. The van der Waals surface area contributed by atoms with E-state index in [2.05, 4.69) is 0 Å². The van der Waals surface area contributed by atoms with Gasteiger partial charge in [0.25, 0.3) is 5.69 Å². The summed E-state index contributed by atoms with van der Waals surface area (Å²) in [6, 6.07) is 4.65. The van der Waals surface area contributed by atoms with Gasteiger partial charge >= 0.3 is 0 Å². The average Bonchev–Trinajstić information content (AvgIpc) is 2.42. The zero-order valence-electron chi connectivity index (χ0n) is 11.2. The lowest BCUT2D eigenvalue weighted by atomic mass is 9.94. The SMILES string of the molecule is CC1=Cc2cc([N+](=O)[O-])ccc2OC12C=CC=CN2C. The van der Waals surface area contributed by atoms with Gasteiger partial charge in [0, 0.05) is 30.9 Å². The standard InChI is InChI=1S/C15H14N2O3/c1-11-9-12-10-13(17(18)19)5-6-14(12)20-15(11)7-3-4-8-16(15)2/h3-10H,1-2H3. The van der Waals surface area contributed by atoms with Crippen LogP contribution in [-0.4, -0.2) is 22.6 Å². The molecule has 2 aliphatic heterocycles. The number of ether oxygens (including phenoxy) is 1. The predicted octanol–water partition coefficient (Wildman–Crippen LogP) is 3.10. The van der Waals surface area contributed by atoms with Crippen molar-refractivity contribution in [1.29, 1.82) is 0 Å². The number of rotatable bonds is 1. The van der Waals surface area contributed by atoms with E-state index in [-0.39, 0.29) is 5.69 Å². The van der Waals surface area contributed by atoms with Crippen LogP contribution >= 0.6 is 0 Å². The van der Waals surface area contributed by atoms with Gasteiger partial charge in [0.05, 0.1) is 4.92 Å². The monoisotopic (exact) mass is 270 g/mol. The van der Waals surface area contributed by atoms with E-state index in [9.17, 15) is 10.1 Å². The molecule has 1 atom stereocenters. The predicted molar refractivity (Wildman–Crippen MR) is 76.1 cm³/mol. The van der Waals surface area contributed by atoms with Crippen molar-refractivity contribution in [2.75, 3.05) is 7.05 Å². The Morgan fingerprint density at radius 3 is 2.85 bits per heavy atom. The fourth-order valence-electron chi connectivity index (χ4n) is 2.55. The second-order valence-electron chi connectivity index (χ2n) is 4.92. The lowest BCUT2D eigenvalue weighted by molar-refractivity contribution is -0.384. The highest BCUT2D eigenvalue weighted by molar-refractivity contribution is 5.67. The highest BCUT2D eigenvalue weighted by Gasteiger charge is 2.39. The normalized spacial score (nSPS) is 23.3. The second kappa shape index (κ2) is 4.23. The molecule has 3 rings (SSSR count). The highest BCUT2D eigenvalue weighted by atomic mass is 16.6. The van der Waals surface area contributed by atoms with Gasteiger partial charge < -0.3 is 9.64 Å². The smallest absolute Gasteiger partial charge is 0.270 e. The molecule has 1 aromatic carbocycles. The van der Waals surface area contributed by atoms with E-state index in [1.54, 1.807) is 6.07 Å². The number of nitro benzene ring substituents is 1. The number of nitrogens with zero attached hydrogens (tertiary/aromatic N) is 2. The maximum Gasteiger partial charge on any atom is 0.270 e. The quantitative estimate of drug-likeness (QED) is 0.581. The van der Waals surface area contributed by atoms with Crippen molar-refractivity contribution in [2.45, 2.75) is 12.6 Å². The summed E-state index contributed by atoms with van der Waals surface area (Å²) in [5.74, 6) is 0.646. The molecule has 0 saturated heterocycles. The van der Waals surface area contributed by atoms with Crippen LogP contribution < -0.4 is 4.74 Å². The third kappa shape index (κ3) is 1.71. The number of nitro groups is 1. The largest absolute Gasteiger partial charge is 0.460 e. The van der Waals surface area contributed by atoms with E-state index in [1.807, 2.05) is 49.4 Å². The van der Waals surface area contributed by atoms with Crippen LogP contribution in [0.4, 0.5) is 5.69 Å².